The van der Waals surface area contributed by atoms with E-state index >= 15 is 0 Å². The van der Waals surface area contributed by atoms with Crippen molar-refractivity contribution in [2.24, 2.45) is 0 Å². The van der Waals surface area contributed by atoms with E-state index in [-0.39, 0.29) is 5.69 Å². The Morgan fingerprint density at radius 3 is 2.17 bits per heavy atom. The Bertz CT molecular complexity index is 499. The molecular formula is C9H4F6N2O. The Hall–Kier alpha value is -1.98. The van der Waals surface area contributed by atoms with E-state index in [1.54, 1.807) is 0 Å². The Morgan fingerprint density at radius 1 is 1.22 bits per heavy atom. The third-order valence-electron chi connectivity index (χ3n) is 1.72. The largest absolute Gasteiger partial charge is 0.573 e. The summed E-state index contributed by atoms with van der Waals surface area (Å²) < 4.78 is 76.8. The third-order valence-corrected chi connectivity index (χ3v) is 1.72. The van der Waals surface area contributed by atoms with E-state index in [1.165, 1.54) is 0 Å². The molecule has 1 heterocycles. The van der Waals surface area contributed by atoms with Crippen LogP contribution in [0.5, 0.6) is 5.75 Å². The SMILES string of the molecule is Cc1cc(OC(F)(F)F)c(C#N)c(C(F)(F)F)n1. The summed E-state index contributed by atoms with van der Waals surface area (Å²) in [5.41, 5.74) is -3.35. The lowest BCUT2D eigenvalue weighted by molar-refractivity contribution is -0.275. The van der Waals surface area contributed by atoms with Gasteiger partial charge in [-0.1, -0.05) is 0 Å². The molecule has 0 aliphatic heterocycles. The maximum atomic E-state index is 12.5. The lowest BCUT2D eigenvalue weighted by Crippen LogP contribution is -2.20. The zero-order chi connectivity index (χ0) is 14.1. The highest BCUT2D eigenvalue weighted by molar-refractivity contribution is 5.48. The van der Waals surface area contributed by atoms with Gasteiger partial charge >= 0.3 is 12.5 Å². The van der Waals surface area contributed by atoms with Gasteiger partial charge in [0.1, 0.15) is 11.6 Å². The molecule has 0 aromatic carbocycles. The van der Waals surface area contributed by atoms with Crippen molar-refractivity contribution in [1.29, 1.82) is 5.26 Å². The Morgan fingerprint density at radius 2 is 1.78 bits per heavy atom. The topological polar surface area (TPSA) is 45.9 Å². The molecule has 0 spiro atoms. The normalized spacial score (nSPS) is 12.1. The first-order valence-electron chi connectivity index (χ1n) is 4.29. The van der Waals surface area contributed by atoms with Gasteiger partial charge in [0.25, 0.3) is 0 Å². The minimum absolute atomic E-state index is 0.347. The predicted octanol–water partition coefficient (Wildman–Crippen LogP) is 3.18. The second-order valence-corrected chi connectivity index (χ2v) is 3.14. The average molecular weight is 270 g/mol. The Kier molecular flexibility index (Phi) is 3.41. The van der Waals surface area contributed by atoms with E-state index in [1.807, 2.05) is 0 Å². The Labute approximate surface area is 96.6 Å². The zero-order valence-electron chi connectivity index (χ0n) is 8.65. The van der Waals surface area contributed by atoms with Crippen LogP contribution in [0.3, 0.4) is 0 Å². The maximum absolute atomic E-state index is 12.5. The van der Waals surface area contributed by atoms with Crippen LogP contribution in [0.2, 0.25) is 0 Å². The van der Waals surface area contributed by atoms with Gasteiger partial charge in [0, 0.05) is 11.8 Å². The number of halogens is 6. The van der Waals surface area contributed by atoms with Gasteiger partial charge in [-0.2, -0.15) is 18.4 Å². The summed E-state index contributed by atoms with van der Waals surface area (Å²) in [6, 6.07) is 1.63. The highest BCUT2D eigenvalue weighted by atomic mass is 19.4. The smallest absolute Gasteiger partial charge is 0.404 e. The third kappa shape index (κ3) is 3.26. The van der Waals surface area contributed by atoms with Crippen LogP contribution >= 0.6 is 0 Å². The highest BCUT2D eigenvalue weighted by Gasteiger charge is 2.40. The molecular weight excluding hydrogens is 266 g/mol. The number of alkyl halides is 6. The second-order valence-electron chi connectivity index (χ2n) is 3.14. The number of ether oxygens (including phenoxy) is 1. The van der Waals surface area contributed by atoms with Crippen LogP contribution < -0.4 is 4.74 Å². The van der Waals surface area contributed by atoms with Crippen LogP contribution in [0.4, 0.5) is 26.3 Å². The van der Waals surface area contributed by atoms with Gasteiger partial charge in [0.05, 0.1) is 0 Å². The van der Waals surface area contributed by atoms with Crippen LogP contribution in [-0.4, -0.2) is 11.3 Å². The molecule has 0 saturated carbocycles. The van der Waals surface area contributed by atoms with Crippen LogP contribution in [0.25, 0.3) is 0 Å². The summed E-state index contributed by atoms with van der Waals surface area (Å²) >= 11 is 0. The lowest BCUT2D eigenvalue weighted by Gasteiger charge is -2.14. The van der Waals surface area contributed by atoms with Crippen molar-refractivity contribution in [2.75, 3.05) is 0 Å². The summed E-state index contributed by atoms with van der Waals surface area (Å²) in [5.74, 6) is -1.22. The van der Waals surface area contributed by atoms with E-state index < -0.39 is 29.5 Å². The van der Waals surface area contributed by atoms with E-state index in [2.05, 4.69) is 9.72 Å². The molecule has 0 aliphatic rings. The molecule has 1 aromatic heterocycles. The number of hydrogen-bond acceptors (Lipinski definition) is 3. The van der Waals surface area contributed by atoms with E-state index in [9.17, 15) is 26.3 Å². The number of hydrogen-bond donors (Lipinski definition) is 0. The molecule has 0 unspecified atom stereocenters. The van der Waals surface area contributed by atoms with Crippen molar-refractivity contribution >= 4 is 0 Å². The van der Waals surface area contributed by atoms with Crippen LogP contribution in [-0.2, 0) is 6.18 Å². The minimum Gasteiger partial charge on any atom is -0.404 e. The summed E-state index contributed by atoms with van der Waals surface area (Å²) in [7, 11) is 0. The van der Waals surface area contributed by atoms with Crippen molar-refractivity contribution in [2.45, 2.75) is 19.5 Å². The molecule has 0 saturated heterocycles. The van der Waals surface area contributed by atoms with Gasteiger partial charge in [0.15, 0.2) is 11.4 Å². The summed E-state index contributed by atoms with van der Waals surface area (Å²) in [4.78, 5) is 3.01. The van der Waals surface area contributed by atoms with Gasteiger partial charge in [-0.05, 0) is 6.92 Å². The average Bonchev–Trinajstić information content (AvgIpc) is 2.12. The number of aryl methyl sites for hydroxylation is 1. The molecule has 98 valence electrons. The number of rotatable bonds is 1. The quantitative estimate of drug-likeness (QED) is 0.736. The maximum Gasteiger partial charge on any atom is 0.573 e. The van der Waals surface area contributed by atoms with E-state index in [4.69, 9.17) is 5.26 Å². The molecule has 3 nitrogen and oxygen atoms in total. The molecule has 0 fully saturated rings. The molecule has 18 heavy (non-hydrogen) atoms. The van der Waals surface area contributed by atoms with Gasteiger partial charge in [-0.25, -0.2) is 4.98 Å². The molecule has 0 atom stereocenters. The number of aromatic nitrogens is 1. The van der Waals surface area contributed by atoms with Gasteiger partial charge in [0.2, 0.25) is 0 Å². The predicted molar refractivity (Wildman–Crippen MR) is 45.4 cm³/mol. The first-order valence-corrected chi connectivity index (χ1v) is 4.29. The van der Waals surface area contributed by atoms with Crippen molar-refractivity contribution in [1.82, 2.24) is 4.98 Å². The molecule has 0 N–H and O–H groups in total. The van der Waals surface area contributed by atoms with E-state index in [0.717, 1.165) is 13.0 Å². The monoisotopic (exact) mass is 270 g/mol. The van der Waals surface area contributed by atoms with Crippen LogP contribution in [0.1, 0.15) is 17.0 Å². The summed E-state index contributed by atoms with van der Waals surface area (Å²) in [6.07, 6.45) is -10.2. The number of pyridine rings is 1. The van der Waals surface area contributed by atoms with Gasteiger partial charge < -0.3 is 4.74 Å². The Balaban J connectivity index is 3.45. The summed E-state index contributed by atoms with van der Waals surface area (Å²) in [5, 5.41) is 8.51. The fourth-order valence-corrected chi connectivity index (χ4v) is 1.16. The van der Waals surface area contributed by atoms with Crippen molar-refractivity contribution in [3.8, 4) is 11.8 Å². The highest BCUT2D eigenvalue weighted by Crippen LogP contribution is 2.36. The summed E-state index contributed by atoms with van der Waals surface area (Å²) in [6.45, 7) is 1.06. The van der Waals surface area contributed by atoms with Crippen LogP contribution in [0.15, 0.2) is 6.07 Å². The molecule has 9 heteroatoms. The van der Waals surface area contributed by atoms with Crippen molar-refractivity contribution in [3.63, 3.8) is 0 Å². The molecule has 0 amide bonds. The first-order chi connectivity index (χ1) is 8.04. The molecule has 1 rings (SSSR count). The molecule has 0 aliphatic carbocycles. The van der Waals surface area contributed by atoms with Crippen molar-refractivity contribution in [3.05, 3.63) is 23.0 Å². The minimum atomic E-state index is -5.19. The van der Waals surface area contributed by atoms with Gasteiger partial charge in [-0.15, -0.1) is 13.2 Å². The lowest BCUT2D eigenvalue weighted by atomic mass is 10.1. The molecule has 1 aromatic rings. The number of nitriles is 1. The van der Waals surface area contributed by atoms with Crippen molar-refractivity contribution < 1.29 is 31.1 Å². The zero-order valence-corrected chi connectivity index (χ0v) is 8.65. The number of nitrogens with zero attached hydrogens (tertiary/aromatic N) is 2. The second kappa shape index (κ2) is 4.36. The molecule has 0 bridgehead atoms. The van der Waals surface area contributed by atoms with E-state index in [0.29, 0.717) is 6.07 Å². The molecule has 0 radical (unpaired) electrons. The fourth-order valence-electron chi connectivity index (χ4n) is 1.16. The fraction of sp³-hybridized carbons (Fsp3) is 0.333. The standard InChI is InChI=1S/C9H4F6N2O/c1-4-2-6(18-9(13,14)15)5(3-16)7(17-4)8(10,11)12/h2H,1H3. The van der Waals surface area contributed by atoms with Crippen LogP contribution in [0, 0.1) is 18.3 Å². The first kappa shape index (κ1) is 14.1. The van der Waals surface area contributed by atoms with Gasteiger partial charge in [-0.3, -0.25) is 0 Å².